The molecule has 1 aliphatic heterocycles. The van der Waals surface area contributed by atoms with Gasteiger partial charge in [0.15, 0.2) is 0 Å². The standard InChI is InChI=1S/C16H17N3O3/c20-15(18-8-4-7-14(18)16(21)22)9-12-10-17-19(11-12)13-5-2-1-3-6-13/h1-3,5-6,10-11,14H,4,7-9H2,(H,21,22)/t14-/m1/s1. The maximum Gasteiger partial charge on any atom is 0.326 e. The SMILES string of the molecule is O=C(O)[C@H]1CCCN1C(=O)Cc1cnn(-c2ccccc2)c1. The van der Waals surface area contributed by atoms with Gasteiger partial charge >= 0.3 is 5.97 Å². The number of likely N-dealkylation sites (tertiary alicyclic amines) is 1. The van der Waals surface area contributed by atoms with Gasteiger partial charge in [-0.25, -0.2) is 9.48 Å². The van der Waals surface area contributed by atoms with E-state index in [9.17, 15) is 9.59 Å². The lowest BCUT2D eigenvalue weighted by atomic mass is 10.2. The molecule has 0 radical (unpaired) electrons. The first-order valence-corrected chi connectivity index (χ1v) is 7.26. The Hall–Kier alpha value is -2.63. The molecule has 1 aliphatic rings. The number of para-hydroxylation sites is 1. The third-order valence-electron chi connectivity index (χ3n) is 3.87. The van der Waals surface area contributed by atoms with E-state index in [0.717, 1.165) is 17.7 Å². The molecule has 0 unspecified atom stereocenters. The minimum Gasteiger partial charge on any atom is -0.480 e. The van der Waals surface area contributed by atoms with Gasteiger partial charge in [0.05, 0.1) is 18.3 Å². The molecule has 1 atom stereocenters. The maximum absolute atomic E-state index is 12.3. The van der Waals surface area contributed by atoms with Crippen LogP contribution >= 0.6 is 0 Å². The van der Waals surface area contributed by atoms with Crippen LogP contribution in [0.25, 0.3) is 5.69 Å². The van der Waals surface area contributed by atoms with Crippen molar-refractivity contribution in [3.8, 4) is 5.69 Å². The molecule has 0 saturated carbocycles. The molecule has 6 heteroatoms. The molecule has 1 saturated heterocycles. The number of carbonyl (C=O) groups excluding carboxylic acids is 1. The maximum atomic E-state index is 12.3. The van der Waals surface area contributed by atoms with Gasteiger partial charge in [0.25, 0.3) is 0 Å². The molecule has 1 aromatic carbocycles. The number of carboxylic acids is 1. The first-order chi connectivity index (χ1) is 10.6. The number of aromatic nitrogens is 2. The predicted molar refractivity (Wildman–Crippen MR) is 79.6 cm³/mol. The van der Waals surface area contributed by atoms with Crippen LogP contribution < -0.4 is 0 Å². The molecule has 1 N–H and O–H groups in total. The van der Waals surface area contributed by atoms with Crippen LogP contribution in [-0.2, 0) is 16.0 Å². The van der Waals surface area contributed by atoms with Crippen molar-refractivity contribution in [3.05, 3.63) is 48.3 Å². The van der Waals surface area contributed by atoms with Gasteiger partial charge in [-0.3, -0.25) is 4.79 Å². The van der Waals surface area contributed by atoms with E-state index in [-0.39, 0.29) is 12.3 Å². The van der Waals surface area contributed by atoms with Crippen molar-refractivity contribution in [3.63, 3.8) is 0 Å². The number of nitrogens with zero attached hydrogens (tertiary/aromatic N) is 3. The summed E-state index contributed by atoms with van der Waals surface area (Å²) in [5.41, 5.74) is 1.70. The summed E-state index contributed by atoms with van der Waals surface area (Å²) in [6.07, 6.45) is 4.91. The van der Waals surface area contributed by atoms with Gasteiger partial charge in [0.2, 0.25) is 5.91 Å². The van der Waals surface area contributed by atoms with E-state index >= 15 is 0 Å². The first kappa shape index (κ1) is 14.3. The predicted octanol–water partition coefficient (Wildman–Crippen LogP) is 1.49. The normalized spacial score (nSPS) is 17.6. The zero-order valence-corrected chi connectivity index (χ0v) is 12.1. The summed E-state index contributed by atoms with van der Waals surface area (Å²) in [6, 6.07) is 8.94. The molecule has 22 heavy (non-hydrogen) atoms. The molecule has 2 aromatic rings. The van der Waals surface area contributed by atoms with Crippen LogP contribution in [0.15, 0.2) is 42.7 Å². The fraction of sp³-hybridized carbons (Fsp3) is 0.312. The van der Waals surface area contributed by atoms with E-state index in [1.807, 2.05) is 30.3 Å². The average Bonchev–Trinajstić information content (AvgIpc) is 3.17. The lowest BCUT2D eigenvalue weighted by Gasteiger charge is -2.20. The molecule has 1 amide bonds. The second-order valence-electron chi connectivity index (χ2n) is 5.39. The summed E-state index contributed by atoms with van der Waals surface area (Å²) < 4.78 is 1.71. The van der Waals surface area contributed by atoms with Crippen LogP contribution in [0.2, 0.25) is 0 Å². The molecule has 1 fully saturated rings. The number of rotatable bonds is 4. The summed E-state index contributed by atoms with van der Waals surface area (Å²) in [5.74, 6) is -1.08. The lowest BCUT2D eigenvalue weighted by Crippen LogP contribution is -2.41. The average molecular weight is 299 g/mol. The molecular formula is C16H17N3O3. The highest BCUT2D eigenvalue weighted by Gasteiger charge is 2.33. The number of carboxylic acid groups (broad SMARTS) is 1. The van der Waals surface area contributed by atoms with Crippen LogP contribution in [0.5, 0.6) is 0 Å². The van der Waals surface area contributed by atoms with Gasteiger partial charge in [-0.1, -0.05) is 18.2 Å². The van der Waals surface area contributed by atoms with Crippen molar-refractivity contribution in [2.45, 2.75) is 25.3 Å². The van der Waals surface area contributed by atoms with Crippen LogP contribution in [0.3, 0.4) is 0 Å². The Balaban J connectivity index is 1.70. The van der Waals surface area contributed by atoms with Crippen molar-refractivity contribution in [2.75, 3.05) is 6.54 Å². The number of hydrogen-bond donors (Lipinski definition) is 1. The quantitative estimate of drug-likeness (QED) is 0.928. The van der Waals surface area contributed by atoms with Crippen molar-refractivity contribution in [1.82, 2.24) is 14.7 Å². The fourth-order valence-corrected chi connectivity index (χ4v) is 2.77. The van der Waals surface area contributed by atoms with Crippen LogP contribution in [0, 0.1) is 0 Å². The summed E-state index contributed by atoms with van der Waals surface area (Å²) in [6.45, 7) is 0.516. The third kappa shape index (κ3) is 2.86. The Morgan fingerprint density at radius 3 is 2.77 bits per heavy atom. The minimum absolute atomic E-state index is 0.155. The lowest BCUT2D eigenvalue weighted by molar-refractivity contribution is -0.148. The molecule has 3 rings (SSSR count). The topological polar surface area (TPSA) is 75.4 Å². The largest absolute Gasteiger partial charge is 0.480 e. The zero-order chi connectivity index (χ0) is 15.5. The molecular weight excluding hydrogens is 282 g/mol. The monoisotopic (exact) mass is 299 g/mol. The highest BCUT2D eigenvalue weighted by atomic mass is 16.4. The molecule has 1 aromatic heterocycles. The second kappa shape index (κ2) is 6.01. The number of benzene rings is 1. The van der Waals surface area contributed by atoms with Crippen molar-refractivity contribution >= 4 is 11.9 Å². The Bertz CT molecular complexity index is 681. The van der Waals surface area contributed by atoms with Crippen molar-refractivity contribution < 1.29 is 14.7 Å². The van der Waals surface area contributed by atoms with Crippen LogP contribution in [0.1, 0.15) is 18.4 Å². The Labute approximate surface area is 128 Å². The van der Waals surface area contributed by atoms with Crippen molar-refractivity contribution in [1.29, 1.82) is 0 Å². The number of carbonyl (C=O) groups is 2. The van der Waals surface area contributed by atoms with E-state index in [1.54, 1.807) is 17.1 Å². The summed E-state index contributed by atoms with van der Waals surface area (Å²) >= 11 is 0. The van der Waals surface area contributed by atoms with E-state index in [0.29, 0.717) is 13.0 Å². The van der Waals surface area contributed by atoms with Crippen LogP contribution in [0.4, 0.5) is 0 Å². The van der Waals surface area contributed by atoms with Crippen LogP contribution in [-0.4, -0.2) is 44.3 Å². The third-order valence-corrected chi connectivity index (χ3v) is 3.87. The zero-order valence-electron chi connectivity index (χ0n) is 12.1. The molecule has 114 valence electrons. The fourth-order valence-electron chi connectivity index (χ4n) is 2.77. The molecule has 0 bridgehead atoms. The minimum atomic E-state index is -0.925. The summed E-state index contributed by atoms with van der Waals surface area (Å²) in [5, 5.41) is 13.4. The molecule has 2 heterocycles. The van der Waals surface area contributed by atoms with E-state index in [4.69, 9.17) is 5.11 Å². The highest BCUT2D eigenvalue weighted by Crippen LogP contribution is 2.19. The first-order valence-electron chi connectivity index (χ1n) is 7.26. The van der Waals surface area contributed by atoms with E-state index < -0.39 is 12.0 Å². The molecule has 0 spiro atoms. The van der Waals surface area contributed by atoms with Gasteiger partial charge < -0.3 is 10.0 Å². The van der Waals surface area contributed by atoms with Gasteiger partial charge in [0.1, 0.15) is 6.04 Å². The Morgan fingerprint density at radius 1 is 1.27 bits per heavy atom. The summed E-state index contributed by atoms with van der Waals surface area (Å²) in [4.78, 5) is 24.9. The number of aliphatic carboxylic acids is 1. The number of hydrogen-bond acceptors (Lipinski definition) is 3. The van der Waals surface area contributed by atoms with Crippen molar-refractivity contribution in [2.24, 2.45) is 0 Å². The summed E-state index contributed by atoms with van der Waals surface area (Å²) in [7, 11) is 0. The Morgan fingerprint density at radius 2 is 2.05 bits per heavy atom. The van der Waals surface area contributed by atoms with Gasteiger partial charge in [-0.05, 0) is 30.5 Å². The second-order valence-corrected chi connectivity index (χ2v) is 5.39. The molecule has 6 nitrogen and oxygen atoms in total. The Kier molecular flexibility index (Phi) is 3.91. The molecule has 0 aliphatic carbocycles. The van der Waals surface area contributed by atoms with Gasteiger partial charge in [-0.15, -0.1) is 0 Å². The highest BCUT2D eigenvalue weighted by molar-refractivity contribution is 5.85. The van der Waals surface area contributed by atoms with E-state index in [2.05, 4.69) is 5.10 Å². The smallest absolute Gasteiger partial charge is 0.326 e. The van der Waals surface area contributed by atoms with Gasteiger partial charge in [-0.2, -0.15) is 5.10 Å². The number of amides is 1. The van der Waals surface area contributed by atoms with E-state index in [1.165, 1.54) is 4.90 Å². The van der Waals surface area contributed by atoms with Gasteiger partial charge in [0, 0.05) is 12.7 Å².